The number of nitrogens with two attached hydrogens (primary N) is 1. The first-order chi connectivity index (χ1) is 9.80. The van der Waals surface area contributed by atoms with E-state index >= 15 is 0 Å². The second kappa shape index (κ2) is 5.44. The van der Waals surface area contributed by atoms with Crippen LogP contribution in [0, 0.1) is 0 Å². The number of benzene rings is 2. The maximum absolute atomic E-state index is 12.8. The number of rotatable bonds is 1. The largest absolute Gasteiger partial charge is 0.416 e. The number of hydrogen-bond donors (Lipinski definition) is 3. The minimum Gasteiger partial charge on any atom is -0.406 e. The Kier molecular flexibility index (Phi) is 4.09. The van der Waals surface area contributed by atoms with Crippen molar-refractivity contribution >= 4 is 11.6 Å². The summed E-state index contributed by atoms with van der Waals surface area (Å²) in [5, 5.41) is 0.448. The summed E-state index contributed by atoms with van der Waals surface area (Å²) in [5.41, 5.74) is 7.42. The Labute approximate surface area is 129 Å². The van der Waals surface area contributed by atoms with Crippen molar-refractivity contribution < 1.29 is 18.0 Å². The monoisotopic (exact) mass is 331 g/mol. The van der Waals surface area contributed by atoms with Crippen LogP contribution in [0.25, 0.3) is 0 Å². The molecule has 8 heteroatoms. The fourth-order valence-corrected chi connectivity index (χ4v) is 2.41. The normalized spacial score (nSPS) is 20.0. The van der Waals surface area contributed by atoms with Gasteiger partial charge < -0.3 is 16.7 Å². The standard InChI is InChI=1S/C14H10ClF3N2O.H3N/c15-10-4-5-11-12(7-10)21-20-13(11,19)8-2-1-3-9(6-8)14(16,17)18;/h1-7,20H,19H2;1H3. The molecular formula is C14H13ClF3N3O. The Morgan fingerprint density at radius 1 is 1.14 bits per heavy atom. The van der Waals surface area contributed by atoms with Gasteiger partial charge in [0.15, 0.2) is 11.4 Å². The molecule has 6 N–H and O–H groups in total. The van der Waals surface area contributed by atoms with Crippen molar-refractivity contribution in [2.24, 2.45) is 5.73 Å². The van der Waals surface area contributed by atoms with Gasteiger partial charge in [-0.05, 0) is 23.8 Å². The van der Waals surface area contributed by atoms with Crippen LogP contribution < -0.4 is 22.2 Å². The molecule has 2 aromatic rings. The second-order valence-electron chi connectivity index (χ2n) is 4.73. The summed E-state index contributed by atoms with van der Waals surface area (Å²) < 4.78 is 38.5. The van der Waals surface area contributed by atoms with Crippen LogP contribution in [0.3, 0.4) is 0 Å². The van der Waals surface area contributed by atoms with Gasteiger partial charge in [0.1, 0.15) is 0 Å². The van der Waals surface area contributed by atoms with E-state index in [1.165, 1.54) is 12.1 Å². The first-order valence-electron chi connectivity index (χ1n) is 6.01. The lowest BCUT2D eigenvalue weighted by Gasteiger charge is -2.24. The summed E-state index contributed by atoms with van der Waals surface area (Å²) in [7, 11) is 0. The molecule has 0 amide bonds. The molecule has 22 heavy (non-hydrogen) atoms. The van der Waals surface area contributed by atoms with Crippen LogP contribution in [0.2, 0.25) is 5.02 Å². The predicted octanol–water partition coefficient (Wildman–Crippen LogP) is 3.58. The molecule has 1 aliphatic rings. The quantitative estimate of drug-likeness (QED) is 0.746. The van der Waals surface area contributed by atoms with Crippen LogP contribution in [0.15, 0.2) is 42.5 Å². The average molecular weight is 332 g/mol. The zero-order valence-electron chi connectivity index (χ0n) is 11.2. The van der Waals surface area contributed by atoms with Gasteiger partial charge in [-0.25, -0.2) is 0 Å². The molecule has 0 bridgehead atoms. The van der Waals surface area contributed by atoms with Gasteiger partial charge in [0, 0.05) is 16.7 Å². The third kappa shape index (κ3) is 2.64. The van der Waals surface area contributed by atoms with Crippen molar-refractivity contribution in [3.05, 3.63) is 64.2 Å². The third-order valence-electron chi connectivity index (χ3n) is 3.34. The van der Waals surface area contributed by atoms with E-state index in [-0.39, 0.29) is 11.7 Å². The second-order valence-corrected chi connectivity index (χ2v) is 5.17. The fourth-order valence-electron chi connectivity index (χ4n) is 2.25. The first kappa shape index (κ1) is 16.6. The third-order valence-corrected chi connectivity index (χ3v) is 3.57. The number of nitrogens with one attached hydrogen (secondary N) is 1. The Bertz CT molecular complexity index is 708. The minimum atomic E-state index is -4.44. The van der Waals surface area contributed by atoms with Gasteiger partial charge in [-0.2, -0.15) is 13.2 Å². The Morgan fingerprint density at radius 3 is 2.55 bits per heavy atom. The van der Waals surface area contributed by atoms with E-state index in [9.17, 15) is 13.2 Å². The van der Waals surface area contributed by atoms with Gasteiger partial charge in [-0.1, -0.05) is 29.8 Å². The van der Waals surface area contributed by atoms with Crippen LogP contribution in [0.1, 0.15) is 16.7 Å². The molecule has 1 aliphatic heterocycles. The van der Waals surface area contributed by atoms with Crippen molar-refractivity contribution in [2.75, 3.05) is 0 Å². The summed E-state index contributed by atoms with van der Waals surface area (Å²) in [6.45, 7) is 0. The number of halogens is 4. The molecule has 0 spiro atoms. The Morgan fingerprint density at radius 2 is 1.86 bits per heavy atom. The molecule has 2 aromatic carbocycles. The summed E-state index contributed by atoms with van der Waals surface area (Å²) in [6.07, 6.45) is -4.44. The molecule has 0 saturated heterocycles. The predicted molar refractivity (Wildman–Crippen MR) is 76.6 cm³/mol. The summed E-state index contributed by atoms with van der Waals surface area (Å²) in [5.74, 6) is 0.391. The Hall–Kier alpha value is -1.80. The van der Waals surface area contributed by atoms with Crippen LogP contribution >= 0.6 is 11.6 Å². The van der Waals surface area contributed by atoms with E-state index in [1.54, 1.807) is 18.2 Å². The van der Waals surface area contributed by atoms with Crippen LogP contribution in [-0.4, -0.2) is 0 Å². The van der Waals surface area contributed by atoms with Gasteiger partial charge in [-0.15, -0.1) is 5.48 Å². The molecule has 3 rings (SSSR count). The van der Waals surface area contributed by atoms with E-state index in [0.29, 0.717) is 16.3 Å². The van der Waals surface area contributed by atoms with Gasteiger partial charge in [0.25, 0.3) is 0 Å². The number of hydrogen-bond acceptors (Lipinski definition) is 4. The molecule has 1 unspecified atom stereocenters. The molecule has 118 valence electrons. The van der Waals surface area contributed by atoms with E-state index in [2.05, 4.69) is 5.48 Å². The molecule has 1 atom stereocenters. The lowest BCUT2D eigenvalue weighted by Crippen LogP contribution is -2.48. The number of alkyl halides is 3. The van der Waals surface area contributed by atoms with Crippen LogP contribution in [0.5, 0.6) is 5.75 Å². The SMILES string of the molecule is N.NC1(c2cccc(C(F)(F)F)c2)NOc2cc(Cl)ccc21. The molecule has 0 aliphatic carbocycles. The van der Waals surface area contributed by atoms with E-state index in [1.807, 2.05) is 0 Å². The molecule has 4 nitrogen and oxygen atoms in total. The van der Waals surface area contributed by atoms with Gasteiger partial charge >= 0.3 is 6.18 Å². The van der Waals surface area contributed by atoms with Gasteiger partial charge in [0.2, 0.25) is 0 Å². The van der Waals surface area contributed by atoms with E-state index in [0.717, 1.165) is 12.1 Å². The van der Waals surface area contributed by atoms with Crippen LogP contribution in [-0.2, 0) is 11.8 Å². The van der Waals surface area contributed by atoms with Crippen molar-refractivity contribution in [3.8, 4) is 5.75 Å². The summed E-state index contributed by atoms with van der Waals surface area (Å²) >= 11 is 5.85. The van der Waals surface area contributed by atoms with Crippen molar-refractivity contribution in [1.82, 2.24) is 11.6 Å². The van der Waals surface area contributed by atoms with E-state index < -0.39 is 17.4 Å². The molecule has 0 aromatic heterocycles. The molecular weight excluding hydrogens is 319 g/mol. The van der Waals surface area contributed by atoms with Crippen LogP contribution in [0.4, 0.5) is 13.2 Å². The summed E-state index contributed by atoms with van der Waals surface area (Å²) in [4.78, 5) is 5.23. The zero-order chi connectivity index (χ0) is 15.3. The fraction of sp³-hybridized carbons (Fsp3) is 0.143. The van der Waals surface area contributed by atoms with Gasteiger partial charge in [0.05, 0.1) is 5.56 Å². The molecule has 1 heterocycles. The molecule has 0 saturated carbocycles. The lowest BCUT2D eigenvalue weighted by molar-refractivity contribution is -0.137. The number of fused-ring (bicyclic) bond motifs is 1. The van der Waals surface area contributed by atoms with Crippen molar-refractivity contribution in [1.29, 1.82) is 0 Å². The average Bonchev–Trinajstić information content (AvgIpc) is 2.76. The molecule has 0 fully saturated rings. The number of hydroxylamine groups is 1. The highest BCUT2D eigenvalue weighted by molar-refractivity contribution is 6.30. The topological polar surface area (TPSA) is 82.3 Å². The highest BCUT2D eigenvalue weighted by Crippen LogP contribution is 2.39. The lowest BCUT2D eigenvalue weighted by atomic mass is 9.91. The Balaban J connectivity index is 0.00000176. The summed E-state index contributed by atoms with van der Waals surface area (Å²) in [6, 6.07) is 9.58. The van der Waals surface area contributed by atoms with E-state index in [4.69, 9.17) is 22.2 Å². The smallest absolute Gasteiger partial charge is 0.406 e. The zero-order valence-corrected chi connectivity index (χ0v) is 12.0. The minimum absolute atomic E-state index is 0. The molecule has 0 radical (unpaired) electrons. The highest BCUT2D eigenvalue weighted by Gasteiger charge is 2.40. The maximum atomic E-state index is 12.8. The highest BCUT2D eigenvalue weighted by atomic mass is 35.5. The van der Waals surface area contributed by atoms with Crippen molar-refractivity contribution in [2.45, 2.75) is 11.8 Å². The van der Waals surface area contributed by atoms with Crippen molar-refractivity contribution in [3.63, 3.8) is 0 Å². The van der Waals surface area contributed by atoms with Gasteiger partial charge in [-0.3, -0.25) is 0 Å². The maximum Gasteiger partial charge on any atom is 0.416 e. The first-order valence-corrected chi connectivity index (χ1v) is 6.39.